The number of hydrogen-bond acceptors (Lipinski definition) is 6. The highest BCUT2D eigenvalue weighted by molar-refractivity contribution is 8.26. The Morgan fingerprint density at radius 2 is 1.91 bits per heavy atom. The maximum absolute atomic E-state index is 13.3. The minimum atomic E-state index is -0.242. The minimum Gasteiger partial charge on any atom is -0.357 e. The zero-order chi connectivity index (χ0) is 23.3. The van der Waals surface area contributed by atoms with Crippen molar-refractivity contribution >= 4 is 46.1 Å². The second-order valence-electron chi connectivity index (χ2n) is 8.14. The van der Waals surface area contributed by atoms with Crippen molar-refractivity contribution in [1.29, 1.82) is 5.26 Å². The first-order chi connectivity index (χ1) is 15.4. The quantitative estimate of drug-likeness (QED) is 0.330. The van der Waals surface area contributed by atoms with Crippen LogP contribution in [0.15, 0.2) is 22.4 Å². The Morgan fingerprint density at radius 1 is 1.22 bits per heavy atom. The summed E-state index contributed by atoms with van der Waals surface area (Å²) in [6.07, 6.45) is 9.72. The molecule has 32 heavy (non-hydrogen) atoms. The van der Waals surface area contributed by atoms with Gasteiger partial charge in [-0.25, -0.2) is 0 Å². The smallest absolute Gasteiger partial charge is 0.270 e. The lowest BCUT2D eigenvalue weighted by molar-refractivity contribution is -0.121. The Bertz CT molecular complexity index is 1040. The van der Waals surface area contributed by atoms with Crippen LogP contribution in [0.2, 0.25) is 0 Å². The van der Waals surface area contributed by atoms with Crippen LogP contribution >= 0.6 is 24.0 Å². The highest BCUT2D eigenvalue weighted by atomic mass is 32.2. The lowest BCUT2D eigenvalue weighted by Gasteiger charge is -2.29. The zero-order valence-corrected chi connectivity index (χ0v) is 20.5. The van der Waals surface area contributed by atoms with Gasteiger partial charge in [0.1, 0.15) is 21.8 Å². The topological polar surface area (TPSA) is 69.3 Å². The monoisotopic (exact) mass is 470 g/mol. The number of nitriles is 1. The van der Waals surface area contributed by atoms with Gasteiger partial charge in [-0.1, -0.05) is 56.2 Å². The van der Waals surface area contributed by atoms with E-state index in [1.165, 1.54) is 29.5 Å². The number of nitrogens with zero attached hydrogens (tertiary/aromatic N) is 4. The molecule has 3 rings (SSSR count). The molecule has 0 atom stereocenters. The average Bonchev–Trinajstić information content (AvgIpc) is 2.96. The van der Waals surface area contributed by atoms with Crippen LogP contribution in [0.1, 0.15) is 62.1 Å². The molecule has 170 valence electrons. The van der Waals surface area contributed by atoms with E-state index < -0.39 is 0 Å². The first-order valence-corrected chi connectivity index (χ1v) is 12.5. The molecular formula is C24H30N4O2S2. The van der Waals surface area contributed by atoms with Gasteiger partial charge in [0.05, 0.1) is 4.91 Å². The summed E-state index contributed by atoms with van der Waals surface area (Å²) < 4.78 is 2.26. The molecule has 0 unspecified atom stereocenters. The second-order valence-corrected chi connectivity index (χ2v) is 9.82. The second kappa shape index (κ2) is 11.0. The maximum Gasteiger partial charge on any atom is 0.270 e. The molecule has 0 aromatic carbocycles. The van der Waals surface area contributed by atoms with E-state index in [1.54, 1.807) is 10.6 Å². The number of anilines is 1. The molecule has 0 spiro atoms. The maximum atomic E-state index is 13.3. The van der Waals surface area contributed by atoms with Gasteiger partial charge in [0.25, 0.3) is 11.5 Å². The molecule has 2 fully saturated rings. The van der Waals surface area contributed by atoms with E-state index in [0.717, 1.165) is 50.2 Å². The Kier molecular flexibility index (Phi) is 8.32. The summed E-state index contributed by atoms with van der Waals surface area (Å²) in [5, 5.41) is 9.78. The fourth-order valence-corrected chi connectivity index (χ4v) is 5.47. The van der Waals surface area contributed by atoms with E-state index in [0.29, 0.717) is 27.9 Å². The van der Waals surface area contributed by atoms with Gasteiger partial charge in [-0.3, -0.25) is 19.1 Å². The number of thioether (sulfide) groups is 1. The first-order valence-electron chi connectivity index (χ1n) is 11.2. The molecule has 1 amide bonds. The van der Waals surface area contributed by atoms with Gasteiger partial charge in [-0.05, 0) is 37.8 Å². The summed E-state index contributed by atoms with van der Waals surface area (Å²) >= 11 is 6.66. The molecule has 0 bridgehead atoms. The van der Waals surface area contributed by atoms with Crippen LogP contribution in [-0.2, 0) is 11.3 Å². The van der Waals surface area contributed by atoms with Crippen LogP contribution in [0.4, 0.5) is 5.82 Å². The van der Waals surface area contributed by atoms with Crippen molar-refractivity contribution < 1.29 is 4.79 Å². The van der Waals surface area contributed by atoms with Crippen molar-refractivity contribution in [2.45, 2.75) is 58.9 Å². The fourth-order valence-electron chi connectivity index (χ4n) is 4.21. The number of hydrogen-bond donors (Lipinski definition) is 0. The summed E-state index contributed by atoms with van der Waals surface area (Å²) in [5.74, 6) is 0.668. The molecule has 3 heterocycles. The molecule has 2 aliphatic rings. The van der Waals surface area contributed by atoms with E-state index in [4.69, 9.17) is 12.2 Å². The van der Waals surface area contributed by atoms with E-state index >= 15 is 0 Å². The van der Waals surface area contributed by atoms with E-state index in [-0.39, 0.29) is 17.0 Å². The number of aromatic nitrogens is 1. The molecule has 1 aromatic rings. The SMILES string of the molecule is C=CCN1C(=O)C(=Cc2c(C)c(C#N)c(=O)n(CCCC)c2N2CCCCCC2)SC1=S. The number of rotatable bonds is 7. The molecule has 6 nitrogen and oxygen atoms in total. The minimum absolute atomic E-state index is 0.146. The Labute approximate surface area is 199 Å². The van der Waals surface area contributed by atoms with Crippen molar-refractivity contribution in [2.75, 3.05) is 24.5 Å². The lowest BCUT2D eigenvalue weighted by atomic mass is 10.0. The van der Waals surface area contributed by atoms with E-state index in [9.17, 15) is 14.9 Å². The average molecular weight is 471 g/mol. The van der Waals surface area contributed by atoms with Crippen LogP contribution in [0.3, 0.4) is 0 Å². The van der Waals surface area contributed by atoms with Gasteiger partial charge in [0.15, 0.2) is 0 Å². The predicted molar refractivity (Wildman–Crippen MR) is 136 cm³/mol. The molecule has 2 aliphatic heterocycles. The number of amides is 1. The van der Waals surface area contributed by atoms with Gasteiger partial charge in [-0.2, -0.15) is 5.26 Å². The van der Waals surface area contributed by atoms with Gasteiger partial charge in [0.2, 0.25) is 0 Å². The summed E-state index contributed by atoms with van der Waals surface area (Å²) in [6, 6.07) is 2.11. The predicted octanol–water partition coefficient (Wildman–Crippen LogP) is 4.60. The molecular weight excluding hydrogens is 440 g/mol. The largest absolute Gasteiger partial charge is 0.357 e. The van der Waals surface area contributed by atoms with E-state index in [2.05, 4.69) is 24.5 Å². The molecule has 0 radical (unpaired) electrons. The standard InChI is InChI=1S/C24H30N4O2S2/c1-4-6-14-27-21(26-12-9-7-8-10-13-26)18(17(3)19(16-25)22(27)29)15-20-23(30)28(11-5-2)24(31)32-20/h5,15H,2,4,6-14H2,1,3H3. The number of carbonyl (C=O) groups excluding carboxylic acids is 1. The van der Waals surface area contributed by atoms with Crippen LogP contribution in [0, 0.1) is 18.3 Å². The first kappa shape index (κ1) is 24.3. The Morgan fingerprint density at radius 3 is 2.50 bits per heavy atom. The number of carbonyl (C=O) groups is 1. The zero-order valence-electron chi connectivity index (χ0n) is 18.9. The number of pyridine rings is 1. The van der Waals surface area contributed by atoms with E-state index in [1.807, 2.05) is 13.0 Å². The van der Waals surface area contributed by atoms with Gasteiger partial charge >= 0.3 is 0 Å². The summed E-state index contributed by atoms with van der Waals surface area (Å²) in [6.45, 7) is 10.2. The summed E-state index contributed by atoms with van der Waals surface area (Å²) in [7, 11) is 0. The summed E-state index contributed by atoms with van der Waals surface area (Å²) in [4.78, 5) is 30.6. The van der Waals surface area contributed by atoms with Crippen molar-refractivity contribution in [3.8, 4) is 6.07 Å². The van der Waals surface area contributed by atoms with Gasteiger partial charge in [0, 0.05) is 31.7 Å². The van der Waals surface area contributed by atoms with Crippen molar-refractivity contribution in [3.05, 3.63) is 44.6 Å². The number of thiocarbonyl (C=S) groups is 1. The molecule has 0 aliphatic carbocycles. The molecule has 0 saturated carbocycles. The Balaban J connectivity index is 2.24. The third kappa shape index (κ3) is 4.84. The van der Waals surface area contributed by atoms with Gasteiger partial charge in [-0.15, -0.1) is 6.58 Å². The molecule has 1 aromatic heterocycles. The highest BCUT2D eigenvalue weighted by Crippen LogP contribution is 2.36. The van der Waals surface area contributed by atoms with Crippen molar-refractivity contribution in [1.82, 2.24) is 9.47 Å². The molecule has 0 N–H and O–H groups in total. The molecule has 8 heteroatoms. The van der Waals surface area contributed by atoms with Crippen molar-refractivity contribution in [2.24, 2.45) is 0 Å². The van der Waals surface area contributed by atoms with Crippen LogP contribution in [0.5, 0.6) is 0 Å². The lowest BCUT2D eigenvalue weighted by Crippen LogP contribution is -2.35. The van der Waals surface area contributed by atoms with Crippen molar-refractivity contribution in [3.63, 3.8) is 0 Å². The van der Waals surface area contributed by atoms with Crippen LogP contribution in [0.25, 0.3) is 6.08 Å². The Hall–Kier alpha value is -2.37. The normalized spacial score (nSPS) is 18.2. The van der Waals surface area contributed by atoms with Crippen LogP contribution in [-0.4, -0.2) is 39.3 Å². The number of unbranched alkanes of at least 4 members (excludes halogenated alkanes) is 1. The third-order valence-corrected chi connectivity index (χ3v) is 7.33. The van der Waals surface area contributed by atoms with Crippen LogP contribution < -0.4 is 10.5 Å². The third-order valence-electron chi connectivity index (χ3n) is 5.95. The summed E-state index contributed by atoms with van der Waals surface area (Å²) in [5.41, 5.74) is 1.30. The fraction of sp³-hybridized carbons (Fsp3) is 0.500. The highest BCUT2D eigenvalue weighted by Gasteiger charge is 2.32. The van der Waals surface area contributed by atoms with Gasteiger partial charge < -0.3 is 4.90 Å². The molecule has 2 saturated heterocycles.